The number of carbonyl (C=O) groups is 1. The summed E-state index contributed by atoms with van der Waals surface area (Å²) in [5.74, 6) is -1.35. The van der Waals surface area contributed by atoms with Crippen LogP contribution in [-0.4, -0.2) is 12.6 Å². The summed E-state index contributed by atoms with van der Waals surface area (Å²) >= 11 is 0. The SMILES string of the molecule is O=C1NC[C@@H](c2ccc(F)cc2F)O1. The van der Waals surface area contributed by atoms with Gasteiger partial charge in [0.05, 0.1) is 6.54 Å². The minimum absolute atomic E-state index is 0.185. The van der Waals surface area contributed by atoms with Crippen molar-refractivity contribution < 1.29 is 18.3 Å². The lowest BCUT2D eigenvalue weighted by Gasteiger charge is -2.08. The Labute approximate surface area is 78.7 Å². The van der Waals surface area contributed by atoms with E-state index in [2.05, 4.69) is 5.32 Å². The zero-order valence-electron chi connectivity index (χ0n) is 7.09. The quantitative estimate of drug-likeness (QED) is 0.748. The Morgan fingerprint density at radius 2 is 2.21 bits per heavy atom. The predicted octanol–water partition coefficient (Wildman–Crippen LogP) is 1.75. The molecule has 1 aromatic rings. The van der Waals surface area contributed by atoms with Crippen LogP contribution >= 0.6 is 0 Å². The van der Waals surface area contributed by atoms with Crippen molar-refractivity contribution in [1.29, 1.82) is 0 Å². The number of hydrogen-bond acceptors (Lipinski definition) is 2. The molecule has 1 saturated heterocycles. The molecule has 3 nitrogen and oxygen atoms in total. The monoisotopic (exact) mass is 199 g/mol. The van der Waals surface area contributed by atoms with Crippen molar-refractivity contribution >= 4 is 6.09 Å². The summed E-state index contributed by atoms with van der Waals surface area (Å²) in [4.78, 5) is 10.7. The largest absolute Gasteiger partial charge is 0.439 e. The average molecular weight is 199 g/mol. The Kier molecular flexibility index (Phi) is 2.07. The fourth-order valence-corrected chi connectivity index (χ4v) is 1.32. The number of carbonyl (C=O) groups excluding carboxylic acids is 1. The Bertz CT molecular complexity index is 381. The second-order valence-electron chi connectivity index (χ2n) is 2.94. The maximum atomic E-state index is 13.2. The van der Waals surface area contributed by atoms with Gasteiger partial charge in [0.1, 0.15) is 17.7 Å². The van der Waals surface area contributed by atoms with E-state index >= 15 is 0 Å². The highest BCUT2D eigenvalue weighted by molar-refractivity contribution is 5.69. The van der Waals surface area contributed by atoms with E-state index in [-0.39, 0.29) is 12.1 Å². The summed E-state index contributed by atoms with van der Waals surface area (Å²) in [7, 11) is 0. The zero-order chi connectivity index (χ0) is 10.1. The van der Waals surface area contributed by atoms with Crippen LogP contribution in [-0.2, 0) is 4.74 Å². The van der Waals surface area contributed by atoms with Gasteiger partial charge in [0.25, 0.3) is 0 Å². The van der Waals surface area contributed by atoms with E-state index < -0.39 is 23.8 Å². The van der Waals surface area contributed by atoms with Gasteiger partial charge in [-0.25, -0.2) is 13.6 Å². The smallest absolute Gasteiger partial charge is 0.407 e. The van der Waals surface area contributed by atoms with Crippen molar-refractivity contribution in [3.05, 3.63) is 35.4 Å². The molecule has 0 aromatic heterocycles. The van der Waals surface area contributed by atoms with Crippen molar-refractivity contribution in [2.45, 2.75) is 6.10 Å². The topological polar surface area (TPSA) is 38.3 Å². The molecule has 1 aromatic carbocycles. The number of amides is 1. The highest BCUT2D eigenvalue weighted by atomic mass is 19.1. The van der Waals surface area contributed by atoms with E-state index in [1.807, 2.05) is 0 Å². The molecule has 1 atom stereocenters. The predicted molar refractivity (Wildman–Crippen MR) is 43.6 cm³/mol. The molecule has 0 spiro atoms. The number of alkyl carbamates (subject to hydrolysis) is 1. The molecule has 1 amide bonds. The molecular formula is C9H7F2NO2. The van der Waals surface area contributed by atoms with E-state index in [0.29, 0.717) is 0 Å². The van der Waals surface area contributed by atoms with Gasteiger partial charge in [-0.1, -0.05) is 0 Å². The third-order valence-corrected chi connectivity index (χ3v) is 1.99. The molecule has 2 rings (SSSR count). The highest BCUT2D eigenvalue weighted by Gasteiger charge is 2.26. The number of rotatable bonds is 1. The number of benzene rings is 1. The van der Waals surface area contributed by atoms with E-state index in [1.54, 1.807) is 0 Å². The fraction of sp³-hybridized carbons (Fsp3) is 0.222. The second kappa shape index (κ2) is 3.25. The van der Waals surface area contributed by atoms with E-state index in [1.165, 1.54) is 6.07 Å². The first-order chi connectivity index (χ1) is 6.66. The highest BCUT2D eigenvalue weighted by Crippen LogP contribution is 2.23. The maximum Gasteiger partial charge on any atom is 0.407 e. The van der Waals surface area contributed by atoms with Gasteiger partial charge in [-0.2, -0.15) is 0 Å². The van der Waals surface area contributed by atoms with Crippen molar-refractivity contribution in [2.75, 3.05) is 6.54 Å². The van der Waals surface area contributed by atoms with Crippen LogP contribution in [0.2, 0.25) is 0 Å². The van der Waals surface area contributed by atoms with Crippen LogP contribution < -0.4 is 5.32 Å². The van der Waals surface area contributed by atoms with Gasteiger partial charge in [-0.3, -0.25) is 0 Å². The average Bonchev–Trinajstić information content (AvgIpc) is 2.51. The van der Waals surface area contributed by atoms with Gasteiger partial charge < -0.3 is 10.1 Å². The standard InChI is InChI=1S/C9H7F2NO2/c10-5-1-2-6(7(11)3-5)8-4-12-9(13)14-8/h1-3,8H,4H2,(H,12,13)/t8-/m0/s1. The van der Waals surface area contributed by atoms with Crippen LogP contribution in [0.3, 0.4) is 0 Å². The van der Waals surface area contributed by atoms with Crippen LogP contribution in [0.25, 0.3) is 0 Å². The molecule has 0 radical (unpaired) electrons. The van der Waals surface area contributed by atoms with Crippen LogP contribution in [0, 0.1) is 11.6 Å². The lowest BCUT2D eigenvalue weighted by molar-refractivity contribution is 0.139. The van der Waals surface area contributed by atoms with Crippen molar-refractivity contribution in [2.24, 2.45) is 0 Å². The molecule has 1 aliphatic rings. The van der Waals surface area contributed by atoms with Crippen molar-refractivity contribution in [3.63, 3.8) is 0 Å². The van der Waals surface area contributed by atoms with Gasteiger partial charge in [0.2, 0.25) is 0 Å². The Morgan fingerprint density at radius 3 is 2.79 bits per heavy atom. The minimum Gasteiger partial charge on any atom is -0.439 e. The molecule has 0 saturated carbocycles. The molecule has 5 heteroatoms. The number of hydrogen-bond donors (Lipinski definition) is 1. The van der Waals surface area contributed by atoms with Crippen LogP contribution in [0.4, 0.5) is 13.6 Å². The van der Waals surface area contributed by atoms with E-state index in [9.17, 15) is 13.6 Å². The number of halogens is 2. The number of nitrogens with one attached hydrogen (secondary N) is 1. The molecule has 74 valence electrons. The van der Waals surface area contributed by atoms with Crippen LogP contribution in [0.15, 0.2) is 18.2 Å². The molecule has 14 heavy (non-hydrogen) atoms. The Balaban J connectivity index is 2.28. The van der Waals surface area contributed by atoms with Crippen LogP contribution in [0.5, 0.6) is 0 Å². The van der Waals surface area contributed by atoms with Gasteiger partial charge >= 0.3 is 6.09 Å². The summed E-state index contributed by atoms with van der Waals surface area (Å²) in [5, 5.41) is 2.39. The first-order valence-electron chi connectivity index (χ1n) is 4.06. The lowest BCUT2D eigenvalue weighted by atomic mass is 10.1. The second-order valence-corrected chi connectivity index (χ2v) is 2.94. The Hall–Kier alpha value is -1.65. The zero-order valence-corrected chi connectivity index (χ0v) is 7.09. The third kappa shape index (κ3) is 1.53. The fourth-order valence-electron chi connectivity index (χ4n) is 1.32. The third-order valence-electron chi connectivity index (χ3n) is 1.99. The van der Waals surface area contributed by atoms with Gasteiger partial charge in [0, 0.05) is 11.6 Å². The summed E-state index contributed by atoms with van der Waals surface area (Å²) in [5.41, 5.74) is 0.185. The lowest BCUT2D eigenvalue weighted by Crippen LogP contribution is -2.12. The summed E-state index contributed by atoms with van der Waals surface area (Å²) in [6.07, 6.45) is -1.25. The first kappa shape index (κ1) is 8.93. The number of ether oxygens (including phenoxy) is 1. The Morgan fingerprint density at radius 1 is 1.43 bits per heavy atom. The molecule has 1 fully saturated rings. The normalized spacial score (nSPS) is 20.4. The van der Waals surface area contributed by atoms with Gasteiger partial charge in [-0.05, 0) is 12.1 Å². The van der Waals surface area contributed by atoms with Gasteiger partial charge in [-0.15, -0.1) is 0 Å². The van der Waals surface area contributed by atoms with Crippen molar-refractivity contribution in [3.8, 4) is 0 Å². The molecule has 1 aliphatic heterocycles. The maximum absolute atomic E-state index is 13.2. The minimum atomic E-state index is -0.702. The first-order valence-corrected chi connectivity index (χ1v) is 4.06. The van der Waals surface area contributed by atoms with Crippen LogP contribution in [0.1, 0.15) is 11.7 Å². The summed E-state index contributed by atoms with van der Waals surface area (Å²) in [6.45, 7) is 0.210. The molecular weight excluding hydrogens is 192 g/mol. The molecule has 1 heterocycles. The van der Waals surface area contributed by atoms with Crippen molar-refractivity contribution in [1.82, 2.24) is 5.32 Å². The summed E-state index contributed by atoms with van der Waals surface area (Å²) < 4.78 is 30.5. The molecule has 0 unspecified atom stereocenters. The van der Waals surface area contributed by atoms with Gasteiger partial charge in [0.15, 0.2) is 0 Å². The summed E-state index contributed by atoms with van der Waals surface area (Å²) in [6, 6.07) is 3.17. The molecule has 0 aliphatic carbocycles. The number of cyclic esters (lactones) is 1. The molecule has 1 N–H and O–H groups in total. The van der Waals surface area contributed by atoms with E-state index in [0.717, 1.165) is 12.1 Å². The molecule has 0 bridgehead atoms. The van der Waals surface area contributed by atoms with E-state index in [4.69, 9.17) is 4.74 Å².